The summed E-state index contributed by atoms with van der Waals surface area (Å²) in [6.45, 7) is 2.86. The van der Waals surface area contributed by atoms with Gasteiger partial charge in [-0.25, -0.2) is 9.78 Å². The summed E-state index contributed by atoms with van der Waals surface area (Å²) in [6.07, 6.45) is -3.10. The molecule has 1 aliphatic heterocycles. The Hall–Kier alpha value is -3.44. The van der Waals surface area contributed by atoms with Crippen LogP contribution >= 0.6 is 11.3 Å². The molecule has 0 spiro atoms. The Morgan fingerprint density at radius 2 is 2.00 bits per heavy atom. The highest BCUT2D eigenvalue weighted by molar-refractivity contribution is 7.13. The van der Waals surface area contributed by atoms with Crippen LogP contribution in [0, 0.1) is 0 Å². The summed E-state index contributed by atoms with van der Waals surface area (Å²) in [6, 6.07) is 9.62. The van der Waals surface area contributed by atoms with Gasteiger partial charge in [0.1, 0.15) is 11.5 Å². The zero-order valence-corrected chi connectivity index (χ0v) is 20.1. The highest BCUT2D eigenvalue weighted by Crippen LogP contribution is 2.35. The summed E-state index contributed by atoms with van der Waals surface area (Å²) in [5.41, 5.74) is 6.10. The van der Waals surface area contributed by atoms with E-state index in [0.717, 1.165) is 29.1 Å². The van der Waals surface area contributed by atoms with Crippen LogP contribution in [0.15, 0.2) is 48.7 Å². The molecule has 7 nitrogen and oxygen atoms in total. The highest BCUT2D eigenvalue weighted by atomic mass is 32.1. The van der Waals surface area contributed by atoms with E-state index in [9.17, 15) is 22.8 Å². The van der Waals surface area contributed by atoms with Crippen molar-refractivity contribution < 1.29 is 32.2 Å². The number of carbonyl (C=O) groups is 2. The molecule has 2 heterocycles. The van der Waals surface area contributed by atoms with E-state index >= 15 is 0 Å². The number of carbonyl (C=O) groups excluding carboxylic acids is 2. The normalized spacial score (nSPS) is 16.5. The lowest BCUT2D eigenvalue weighted by Gasteiger charge is -2.16. The van der Waals surface area contributed by atoms with Crippen molar-refractivity contribution in [2.45, 2.75) is 38.1 Å². The molecule has 2 amide bonds. The quantitative estimate of drug-likeness (QED) is 0.434. The molecule has 1 aliphatic rings. The second-order valence-corrected chi connectivity index (χ2v) is 9.48. The lowest BCUT2D eigenvalue weighted by Crippen LogP contribution is -2.25. The number of nitrogens with two attached hydrogens (primary N) is 1. The Labute approximate surface area is 209 Å². The number of halogens is 3. The van der Waals surface area contributed by atoms with Crippen molar-refractivity contribution in [1.29, 1.82) is 0 Å². The molecular weight excluding hydrogens is 495 g/mol. The van der Waals surface area contributed by atoms with Gasteiger partial charge in [-0.1, -0.05) is 30.3 Å². The summed E-state index contributed by atoms with van der Waals surface area (Å²) >= 11 is 1.35. The third-order valence-electron chi connectivity index (χ3n) is 5.90. The van der Waals surface area contributed by atoms with E-state index in [1.165, 1.54) is 17.4 Å². The molecule has 4 rings (SSSR count). The Morgan fingerprint density at radius 1 is 1.25 bits per heavy atom. The molecular formula is C25H24F3N3O4S. The Balaban J connectivity index is 1.50. The SMILES string of the molecule is C[C@@H](NC(=O)c1cnc(C2CCOC2)s1)c1ccc(-c2cc(C(F)(F)F)ccc2COC(N)=O)cc1. The first kappa shape index (κ1) is 25.6. The van der Waals surface area contributed by atoms with E-state index in [4.69, 9.17) is 15.2 Å². The summed E-state index contributed by atoms with van der Waals surface area (Å²) < 4.78 is 50.1. The first-order chi connectivity index (χ1) is 17.1. The van der Waals surface area contributed by atoms with Gasteiger partial charge in [0.25, 0.3) is 5.91 Å². The number of nitrogens with zero attached hydrogens (tertiary/aromatic N) is 1. The molecule has 0 radical (unpaired) electrons. The first-order valence-corrected chi connectivity index (χ1v) is 12.0. The topological polar surface area (TPSA) is 104 Å². The van der Waals surface area contributed by atoms with Crippen molar-refractivity contribution in [3.05, 3.63) is 75.2 Å². The van der Waals surface area contributed by atoms with Gasteiger partial charge < -0.3 is 20.5 Å². The van der Waals surface area contributed by atoms with Crippen LogP contribution in [-0.4, -0.2) is 30.2 Å². The maximum Gasteiger partial charge on any atom is 0.416 e. The molecule has 1 fully saturated rings. The average Bonchev–Trinajstić information content (AvgIpc) is 3.54. The number of aromatic nitrogens is 1. The summed E-state index contributed by atoms with van der Waals surface area (Å²) in [7, 11) is 0. The number of hydrogen-bond donors (Lipinski definition) is 2. The van der Waals surface area contributed by atoms with Crippen molar-refractivity contribution in [3.63, 3.8) is 0 Å². The van der Waals surface area contributed by atoms with Crippen molar-refractivity contribution in [2.24, 2.45) is 5.73 Å². The smallest absolute Gasteiger partial charge is 0.416 e. The van der Waals surface area contributed by atoms with E-state index < -0.39 is 17.8 Å². The minimum Gasteiger partial charge on any atom is -0.445 e. The van der Waals surface area contributed by atoms with Gasteiger partial charge in [-0.2, -0.15) is 13.2 Å². The molecule has 3 aromatic rings. The van der Waals surface area contributed by atoms with E-state index in [1.807, 2.05) is 6.92 Å². The lowest BCUT2D eigenvalue weighted by atomic mass is 9.95. The standard InChI is InChI=1S/C25H24F3N3O4S/c1-14(31-22(32)21-11-30-23(36-21)18-8-9-34-12-18)15-2-4-16(5-3-15)20-10-19(25(26,27)28)7-6-17(20)13-35-24(29)33/h2-7,10-11,14,18H,8-9,12-13H2,1H3,(H2,29,33)(H,31,32)/t14-,18?/m1/s1. The fraction of sp³-hybridized carbons (Fsp3) is 0.320. The van der Waals surface area contributed by atoms with Crippen LogP contribution in [0.3, 0.4) is 0 Å². The molecule has 2 atom stereocenters. The molecule has 1 saturated heterocycles. The van der Waals surface area contributed by atoms with Crippen LogP contribution in [0.5, 0.6) is 0 Å². The number of benzene rings is 2. The van der Waals surface area contributed by atoms with Gasteiger partial charge in [0.15, 0.2) is 0 Å². The van der Waals surface area contributed by atoms with Crippen molar-refractivity contribution in [2.75, 3.05) is 13.2 Å². The van der Waals surface area contributed by atoms with Crippen LogP contribution in [0.2, 0.25) is 0 Å². The highest BCUT2D eigenvalue weighted by Gasteiger charge is 2.31. The maximum atomic E-state index is 13.3. The van der Waals surface area contributed by atoms with Gasteiger partial charge in [0.05, 0.1) is 29.4 Å². The predicted molar refractivity (Wildman–Crippen MR) is 127 cm³/mol. The number of primary amides is 1. The largest absolute Gasteiger partial charge is 0.445 e. The third-order valence-corrected chi connectivity index (χ3v) is 7.06. The number of hydrogen-bond acceptors (Lipinski definition) is 6. The molecule has 11 heteroatoms. The van der Waals surface area contributed by atoms with Crippen LogP contribution in [0.4, 0.5) is 18.0 Å². The fourth-order valence-electron chi connectivity index (χ4n) is 3.91. The van der Waals surface area contributed by atoms with Crippen LogP contribution in [0.25, 0.3) is 11.1 Å². The van der Waals surface area contributed by atoms with E-state index in [1.54, 1.807) is 30.5 Å². The van der Waals surface area contributed by atoms with Gasteiger partial charge in [0.2, 0.25) is 0 Å². The molecule has 1 aromatic heterocycles. The monoisotopic (exact) mass is 519 g/mol. The predicted octanol–water partition coefficient (Wildman–Crippen LogP) is 5.42. The number of nitrogens with one attached hydrogen (secondary N) is 1. The molecule has 0 aliphatic carbocycles. The van der Waals surface area contributed by atoms with E-state index in [2.05, 4.69) is 10.3 Å². The Bertz CT molecular complexity index is 1240. The van der Waals surface area contributed by atoms with Gasteiger partial charge >= 0.3 is 12.3 Å². The summed E-state index contributed by atoms with van der Waals surface area (Å²) in [4.78, 5) is 28.6. The number of ether oxygens (including phenoxy) is 2. The molecule has 36 heavy (non-hydrogen) atoms. The first-order valence-electron chi connectivity index (χ1n) is 11.2. The van der Waals surface area contributed by atoms with Crippen LogP contribution < -0.4 is 11.1 Å². The van der Waals surface area contributed by atoms with E-state index in [-0.39, 0.29) is 30.0 Å². The summed E-state index contributed by atoms with van der Waals surface area (Å²) in [5, 5.41) is 3.81. The average molecular weight is 520 g/mol. The van der Waals surface area contributed by atoms with Gasteiger partial charge in [-0.3, -0.25) is 4.79 Å². The lowest BCUT2D eigenvalue weighted by molar-refractivity contribution is -0.137. The van der Waals surface area contributed by atoms with Crippen LogP contribution in [0.1, 0.15) is 56.7 Å². The van der Waals surface area contributed by atoms with Crippen LogP contribution in [-0.2, 0) is 22.3 Å². The molecule has 0 bridgehead atoms. The maximum absolute atomic E-state index is 13.3. The molecule has 1 unspecified atom stereocenters. The van der Waals surface area contributed by atoms with Crippen molar-refractivity contribution in [3.8, 4) is 11.1 Å². The Morgan fingerprint density at radius 3 is 2.64 bits per heavy atom. The van der Waals surface area contributed by atoms with Gasteiger partial charge in [0, 0.05) is 12.5 Å². The number of amides is 2. The van der Waals surface area contributed by atoms with Gasteiger partial charge in [-0.15, -0.1) is 11.3 Å². The third kappa shape index (κ3) is 6.03. The molecule has 0 saturated carbocycles. The molecule has 3 N–H and O–H groups in total. The number of rotatable bonds is 7. The number of thiazole rings is 1. The Kier molecular flexibility index (Phi) is 7.60. The minimum atomic E-state index is -4.53. The molecule has 190 valence electrons. The summed E-state index contributed by atoms with van der Waals surface area (Å²) in [5.74, 6) is -0.0337. The minimum absolute atomic E-state index is 0.218. The number of alkyl halides is 3. The van der Waals surface area contributed by atoms with Crippen molar-refractivity contribution in [1.82, 2.24) is 10.3 Å². The zero-order valence-electron chi connectivity index (χ0n) is 19.3. The van der Waals surface area contributed by atoms with E-state index in [0.29, 0.717) is 29.2 Å². The van der Waals surface area contributed by atoms with Gasteiger partial charge in [-0.05, 0) is 47.7 Å². The zero-order chi connectivity index (χ0) is 25.9. The second-order valence-electron chi connectivity index (χ2n) is 8.42. The molecule has 2 aromatic carbocycles. The van der Waals surface area contributed by atoms with Crippen molar-refractivity contribution >= 4 is 23.3 Å². The fourth-order valence-corrected chi connectivity index (χ4v) is 4.85. The second kappa shape index (κ2) is 10.7.